The van der Waals surface area contributed by atoms with Gasteiger partial charge < -0.3 is 15.2 Å². The molecule has 46 heavy (non-hydrogen) atoms. The predicted molar refractivity (Wildman–Crippen MR) is 167 cm³/mol. The maximum absolute atomic E-state index is 12.8. The number of amides is 1. The number of isocyanates is 1. The zero-order valence-electron chi connectivity index (χ0n) is 25.0. The first-order valence-electron chi connectivity index (χ1n) is 14.8. The van der Waals surface area contributed by atoms with Crippen molar-refractivity contribution < 1.29 is 32.6 Å². The number of aliphatic imine (C=N–C) groups is 1. The fourth-order valence-electron chi connectivity index (χ4n) is 6.14. The summed E-state index contributed by atoms with van der Waals surface area (Å²) in [6.45, 7) is 2.89. The molecule has 0 bridgehead atoms. The number of carbonyl (C=O) groups excluding carboxylic acids is 2. The van der Waals surface area contributed by atoms with Crippen molar-refractivity contribution in [1.29, 1.82) is 0 Å². The van der Waals surface area contributed by atoms with Gasteiger partial charge in [-0.3, -0.25) is 9.69 Å². The van der Waals surface area contributed by atoms with Crippen LogP contribution in [0.2, 0.25) is 0 Å². The fraction of sp³-hybridized carbons (Fsp3) is 0.324. The first kappa shape index (κ1) is 33.2. The largest absolute Gasteiger partial charge is 0.573 e. The van der Waals surface area contributed by atoms with Crippen LogP contribution in [0.4, 0.5) is 13.2 Å². The number of likely N-dealkylation sites (tertiary alicyclic amines) is 1. The van der Waals surface area contributed by atoms with Crippen molar-refractivity contribution in [1.82, 2.24) is 15.2 Å². The highest BCUT2D eigenvalue weighted by Crippen LogP contribution is 2.47. The number of nitrogens with zero attached hydrogens (tertiary/aromatic N) is 3. The lowest BCUT2D eigenvalue weighted by Crippen LogP contribution is -2.49. The molecular formula is C34H33F3N4O4S. The van der Waals surface area contributed by atoms with Crippen LogP contribution in [0.25, 0.3) is 0 Å². The summed E-state index contributed by atoms with van der Waals surface area (Å²) in [4.78, 5) is 34.2. The second-order valence-corrected chi connectivity index (χ2v) is 12.0. The SMILES string of the molecule is Cc1csc([C@H]2C(c3ccccc3C(=O)N=C=O)CCN2[C@@H](Cc2ccccc2)[C@H](O)CNCc2cccc(OC(F)(F)F)c2)n1. The smallest absolute Gasteiger partial charge is 0.406 e. The Bertz CT molecular complexity index is 1680. The van der Waals surface area contributed by atoms with Crippen molar-refractivity contribution in [3.8, 4) is 5.75 Å². The van der Waals surface area contributed by atoms with E-state index in [0.717, 1.165) is 21.8 Å². The monoisotopic (exact) mass is 650 g/mol. The Balaban J connectivity index is 1.43. The van der Waals surface area contributed by atoms with Crippen LogP contribution in [-0.4, -0.2) is 58.6 Å². The molecule has 1 aromatic heterocycles. The van der Waals surface area contributed by atoms with Crippen LogP contribution in [0.3, 0.4) is 0 Å². The second-order valence-electron chi connectivity index (χ2n) is 11.2. The van der Waals surface area contributed by atoms with Crippen LogP contribution >= 0.6 is 11.3 Å². The number of aromatic nitrogens is 1. The van der Waals surface area contributed by atoms with Gasteiger partial charge in [-0.1, -0.05) is 60.7 Å². The molecule has 1 amide bonds. The lowest BCUT2D eigenvalue weighted by molar-refractivity contribution is -0.274. The summed E-state index contributed by atoms with van der Waals surface area (Å²) in [5, 5.41) is 17.8. The van der Waals surface area contributed by atoms with Crippen LogP contribution in [0.15, 0.2) is 89.2 Å². The van der Waals surface area contributed by atoms with E-state index in [1.807, 2.05) is 54.8 Å². The van der Waals surface area contributed by atoms with Gasteiger partial charge in [-0.15, -0.1) is 29.5 Å². The molecule has 1 fully saturated rings. The molecule has 8 nitrogen and oxygen atoms in total. The first-order valence-corrected chi connectivity index (χ1v) is 15.7. The van der Waals surface area contributed by atoms with E-state index < -0.39 is 18.4 Å². The minimum Gasteiger partial charge on any atom is -0.406 e. The van der Waals surface area contributed by atoms with Gasteiger partial charge in [0.25, 0.3) is 5.91 Å². The molecule has 1 aliphatic rings. The highest BCUT2D eigenvalue weighted by Gasteiger charge is 2.44. The van der Waals surface area contributed by atoms with Crippen LogP contribution in [0.5, 0.6) is 5.75 Å². The second kappa shape index (κ2) is 14.9. The Kier molecular flexibility index (Phi) is 10.8. The number of rotatable bonds is 12. The number of aliphatic hydroxyl groups is 1. The summed E-state index contributed by atoms with van der Waals surface area (Å²) in [7, 11) is 0. The van der Waals surface area contributed by atoms with Crippen molar-refractivity contribution in [2.75, 3.05) is 13.1 Å². The van der Waals surface area contributed by atoms with Crippen LogP contribution in [-0.2, 0) is 17.8 Å². The molecule has 12 heteroatoms. The lowest BCUT2D eigenvalue weighted by Gasteiger charge is -2.37. The number of nitrogens with one attached hydrogen (secondary N) is 1. The quantitative estimate of drug-likeness (QED) is 0.141. The molecule has 240 valence electrons. The molecule has 2 heterocycles. The summed E-state index contributed by atoms with van der Waals surface area (Å²) in [6.07, 6.45) is -3.14. The molecule has 1 saturated heterocycles. The normalized spacial score (nSPS) is 18.1. The van der Waals surface area contributed by atoms with Crippen LogP contribution in [0.1, 0.15) is 56.1 Å². The molecule has 5 rings (SSSR count). The number of aliphatic hydroxyl groups excluding tert-OH is 1. The van der Waals surface area contributed by atoms with Crippen LogP contribution < -0.4 is 10.1 Å². The standard InChI is InChI=1S/C34H33F3N4O4S/c1-22-20-46-33(40-22)31-27(26-12-5-6-13-28(26)32(44)39-21-42)14-15-41(31)29(17-23-8-3-2-4-9-23)30(43)19-38-18-24-10-7-11-25(16-24)45-34(35,36)37/h2-13,16,20,27,29-31,38,43H,14-15,17-19H2,1H3/t27?,29-,30+,31+/m0/s1. The summed E-state index contributed by atoms with van der Waals surface area (Å²) < 4.78 is 42.2. The van der Waals surface area contributed by atoms with Crippen molar-refractivity contribution in [3.05, 3.63) is 117 Å². The van der Waals surface area contributed by atoms with Crippen molar-refractivity contribution in [2.24, 2.45) is 4.99 Å². The van der Waals surface area contributed by atoms with E-state index in [1.165, 1.54) is 35.6 Å². The summed E-state index contributed by atoms with van der Waals surface area (Å²) >= 11 is 1.52. The highest BCUT2D eigenvalue weighted by atomic mass is 32.1. The van der Waals surface area contributed by atoms with E-state index in [1.54, 1.807) is 18.2 Å². The minimum atomic E-state index is -4.79. The van der Waals surface area contributed by atoms with E-state index in [9.17, 15) is 27.9 Å². The molecule has 2 N–H and O–H groups in total. The molecule has 4 atom stereocenters. The third-order valence-corrected chi connectivity index (χ3v) is 9.07. The van der Waals surface area contributed by atoms with Crippen molar-refractivity contribution in [2.45, 2.75) is 56.8 Å². The van der Waals surface area contributed by atoms with Gasteiger partial charge in [-0.05, 0) is 61.2 Å². The molecule has 0 radical (unpaired) electrons. The Labute approximate surface area is 268 Å². The third-order valence-electron chi connectivity index (χ3n) is 8.04. The maximum atomic E-state index is 12.8. The van der Waals surface area contributed by atoms with Crippen LogP contribution in [0, 0.1) is 6.92 Å². The number of hydrogen-bond donors (Lipinski definition) is 2. The number of hydrogen-bond acceptors (Lipinski definition) is 8. The highest BCUT2D eigenvalue weighted by molar-refractivity contribution is 7.09. The zero-order chi connectivity index (χ0) is 32.7. The Hall–Kier alpha value is -4.19. The summed E-state index contributed by atoms with van der Waals surface area (Å²) in [5.41, 5.74) is 3.54. The van der Waals surface area contributed by atoms with Gasteiger partial charge in [0.05, 0.1) is 12.1 Å². The van der Waals surface area contributed by atoms with Gasteiger partial charge in [-0.25, -0.2) is 9.78 Å². The zero-order valence-corrected chi connectivity index (χ0v) is 25.8. The molecule has 3 aromatic carbocycles. The third kappa shape index (κ3) is 8.34. The van der Waals surface area contributed by atoms with E-state index in [0.29, 0.717) is 30.5 Å². The Morgan fingerprint density at radius 2 is 1.87 bits per heavy atom. The molecule has 0 spiro atoms. The number of aryl methyl sites for hydroxylation is 1. The van der Waals surface area contributed by atoms with E-state index in [-0.39, 0.29) is 36.8 Å². The Morgan fingerprint density at radius 1 is 1.13 bits per heavy atom. The molecule has 0 saturated carbocycles. The summed E-state index contributed by atoms with van der Waals surface area (Å²) in [5.74, 6) is -1.15. The number of thiazole rings is 1. The van der Waals surface area contributed by atoms with Gasteiger partial charge in [0, 0.05) is 41.7 Å². The van der Waals surface area contributed by atoms with Gasteiger partial charge in [-0.2, -0.15) is 0 Å². The van der Waals surface area contributed by atoms with Gasteiger partial charge >= 0.3 is 6.36 Å². The average molecular weight is 651 g/mol. The number of halogens is 3. The van der Waals surface area contributed by atoms with Gasteiger partial charge in [0.1, 0.15) is 10.8 Å². The van der Waals surface area contributed by atoms with Gasteiger partial charge in [0.2, 0.25) is 6.08 Å². The topological polar surface area (TPSA) is 104 Å². The molecule has 1 aliphatic heterocycles. The predicted octanol–water partition coefficient (Wildman–Crippen LogP) is 6.12. The van der Waals surface area contributed by atoms with E-state index in [2.05, 4.69) is 19.9 Å². The number of carbonyl (C=O) groups is 1. The molecule has 0 aliphatic carbocycles. The van der Waals surface area contributed by atoms with Gasteiger partial charge in [0.15, 0.2) is 0 Å². The number of benzene rings is 3. The van der Waals surface area contributed by atoms with E-state index in [4.69, 9.17) is 4.98 Å². The fourth-order valence-corrected chi connectivity index (χ4v) is 7.12. The summed E-state index contributed by atoms with van der Waals surface area (Å²) in [6, 6.07) is 22.0. The number of alkyl halides is 3. The van der Waals surface area contributed by atoms with E-state index >= 15 is 0 Å². The van der Waals surface area contributed by atoms with Crippen molar-refractivity contribution in [3.63, 3.8) is 0 Å². The molecule has 4 aromatic rings. The average Bonchev–Trinajstić information content (AvgIpc) is 3.66. The number of ether oxygens (including phenoxy) is 1. The Morgan fingerprint density at radius 3 is 2.59 bits per heavy atom. The molecular weight excluding hydrogens is 617 g/mol. The lowest BCUT2D eigenvalue weighted by atomic mass is 9.87. The minimum absolute atomic E-state index is 0.162. The first-order chi connectivity index (χ1) is 22.1. The molecule has 1 unspecified atom stereocenters. The van der Waals surface area contributed by atoms with Crippen molar-refractivity contribution >= 4 is 23.3 Å². The maximum Gasteiger partial charge on any atom is 0.573 e.